The molecule has 0 atom stereocenters. The summed E-state index contributed by atoms with van der Waals surface area (Å²) >= 11 is 0. The fourth-order valence-corrected chi connectivity index (χ4v) is 2.37. The number of phenols is 2. The minimum absolute atomic E-state index is 0.0409. The summed E-state index contributed by atoms with van der Waals surface area (Å²) in [4.78, 5) is 23.0. The number of hydrogen-bond donors (Lipinski definition) is 3. The fourth-order valence-electron chi connectivity index (χ4n) is 2.37. The van der Waals surface area contributed by atoms with Crippen LogP contribution in [0.15, 0.2) is 44.7 Å². The second-order valence-corrected chi connectivity index (χ2v) is 4.92. The first-order valence-electron chi connectivity index (χ1n) is 6.69. The van der Waals surface area contributed by atoms with Crippen LogP contribution in [0.25, 0.3) is 22.3 Å². The van der Waals surface area contributed by atoms with E-state index in [0.717, 1.165) is 12.1 Å². The molecule has 3 aromatic rings. The maximum absolute atomic E-state index is 12.3. The fraction of sp³-hybridized carbons (Fsp3) is 0.0625. The first-order valence-corrected chi connectivity index (χ1v) is 6.69. The van der Waals surface area contributed by atoms with E-state index in [1.54, 1.807) is 0 Å². The number of methoxy groups -OCH3 is 1. The van der Waals surface area contributed by atoms with Crippen LogP contribution in [0.2, 0.25) is 0 Å². The van der Waals surface area contributed by atoms with Gasteiger partial charge in [0.2, 0.25) is 11.2 Å². The molecule has 0 spiro atoms. The third kappa shape index (κ3) is 2.30. The second-order valence-electron chi connectivity index (χ2n) is 4.92. The number of nitrogens with zero attached hydrogens (tertiary/aromatic N) is 1. The molecule has 0 fully saturated rings. The van der Waals surface area contributed by atoms with Crippen LogP contribution in [0, 0.1) is 4.91 Å². The number of benzene rings is 2. The lowest BCUT2D eigenvalue weighted by Gasteiger charge is -2.09. The van der Waals surface area contributed by atoms with Gasteiger partial charge in [0, 0.05) is 17.7 Å². The van der Waals surface area contributed by atoms with E-state index in [1.807, 2.05) is 0 Å². The molecule has 0 amide bonds. The molecule has 0 aliphatic heterocycles. The Hall–Kier alpha value is -3.55. The van der Waals surface area contributed by atoms with E-state index >= 15 is 0 Å². The zero-order chi connectivity index (χ0) is 17.4. The molecular weight excluding hydrogens is 318 g/mol. The third-order valence-corrected chi connectivity index (χ3v) is 3.48. The van der Waals surface area contributed by atoms with Crippen molar-refractivity contribution in [2.45, 2.75) is 0 Å². The Labute approximate surface area is 134 Å². The number of phenolic OH excluding ortho intramolecular Hbond substituents is 2. The van der Waals surface area contributed by atoms with Crippen LogP contribution >= 0.6 is 0 Å². The van der Waals surface area contributed by atoms with Crippen molar-refractivity contribution in [3.05, 3.63) is 45.5 Å². The highest BCUT2D eigenvalue weighted by Crippen LogP contribution is 2.38. The average Bonchev–Trinajstić information content (AvgIpc) is 2.56. The molecule has 0 aliphatic carbocycles. The van der Waals surface area contributed by atoms with Crippen molar-refractivity contribution in [3.63, 3.8) is 0 Å². The molecular formula is C16H11NO7. The van der Waals surface area contributed by atoms with E-state index in [2.05, 4.69) is 5.18 Å². The molecule has 0 radical (unpaired) electrons. The summed E-state index contributed by atoms with van der Waals surface area (Å²) in [5.41, 5.74) is -0.681. The van der Waals surface area contributed by atoms with Gasteiger partial charge in [-0.2, -0.15) is 0 Å². The van der Waals surface area contributed by atoms with Gasteiger partial charge >= 0.3 is 0 Å². The van der Waals surface area contributed by atoms with Gasteiger partial charge in [-0.05, 0) is 23.4 Å². The molecule has 122 valence electrons. The first-order chi connectivity index (χ1) is 11.5. The van der Waals surface area contributed by atoms with Crippen molar-refractivity contribution in [2.75, 3.05) is 7.11 Å². The zero-order valence-electron chi connectivity index (χ0n) is 12.3. The van der Waals surface area contributed by atoms with Gasteiger partial charge in [0.05, 0.1) is 7.11 Å². The molecule has 0 saturated heterocycles. The molecule has 1 aromatic heterocycles. The second kappa shape index (κ2) is 5.58. The maximum Gasteiger partial charge on any atom is 0.238 e. The van der Waals surface area contributed by atoms with Crippen molar-refractivity contribution >= 4 is 16.7 Å². The van der Waals surface area contributed by atoms with Crippen molar-refractivity contribution in [3.8, 4) is 34.3 Å². The smallest absolute Gasteiger partial charge is 0.238 e. The monoisotopic (exact) mass is 329 g/mol. The van der Waals surface area contributed by atoms with Crippen LogP contribution in [-0.4, -0.2) is 22.4 Å². The summed E-state index contributed by atoms with van der Waals surface area (Å²) in [6.45, 7) is 0. The predicted octanol–water partition coefficient (Wildman–Crippen LogP) is 2.98. The summed E-state index contributed by atoms with van der Waals surface area (Å²) in [5.74, 6) is -1.62. The third-order valence-electron chi connectivity index (χ3n) is 3.48. The molecule has 2 aromatic carbocycles. The van der Waals surface area contributed by atoms with E-state index in [1.165, 1.54) is 25.3 Å². The highest BCUT2D eigenvalue weighted by molar-refractivity contribution is 5.88. The van der Waals surface area contributed by atoms with Crippen molar-refractivity contribution < 1.29 is 24.5 Å². The Bertz CT molecular complexity index is 1020. The van der Waals surface area contributed by atoms with Gasteiger partial charge in [0.15, 0.2) is 5.76 Å². The Morgan fingerprint density at radius 3 is 2.54 bits per heavy atom. The van der Waals surface area contributed by atoms with Crippen molar-refractivity contribution in [1.82, 2.24) is 0 Å². The first kappa shape index (κ1) is 15.3. The summed E-state index contributed by atoms with van der Waals surface area (Å²) in [6.07, 6.45) is 0. The van der Waals surface area contributed by atoms with Crippen LogP contribution in [-0.2, 0) is 0 Å². The van der Waals surface area contributed by atoms with Crippen LogP contribution in [0.4, 0.5) is 5.69 Å². The summed E-state index contributed by atoms with van der Waals surface area (Å²) < 4.78 is 10.5. The number of rotatable bonds is 3. The molecule has 24 heavy (non-hydrogen) atoms. The molecule has 1 heterocycles. The molecule has 0 aliphatic rings. The number of nitroso groups, excluding NO2 is 1. The summed E-state index contributed by atoms with van der Waals surface area (Å²) in [5, 5.41) is 32.0. The summed E-state index contributed by atoms with van der Waals surface area (Å²) in [6, 6.07) is 6.21. The van der Waals surface area contributed by atoms with Crippen molar-refractivity contribution in [1.29, 1.82) is 0 Å². The topological polar surface area (TPSA) is 130 Å². The molecule has 8 heteroatoms. The van der Waals surface area contributed by atoms with Gasteiger partial charge < -0.3 is 24.5 Å². The van der Waals surface area contributed by atoms with Gasteiger partial charge in [-0.1, -0.05) is 0 Å². The van der Waals surface area contributed by atoms with Gasteiger partial charge in [-0.25, -0.2) is 0 Å². The quantitative estimate of drug-likeness (QED) is 0.630. The molecule has 0 bridgehead atoms. The zero-order valence-corrected chi connectivity index (χ0v) is 12.3. The van der Waals surface area contributed by atoms with Crippen LogP contribution < -0.4 is 10.2 Å². The van der Waals surface area contributed by atoms with E-state index < -0.39 is 16.9 Å². The highest BCUT2D eigenvalue weighted by atomic mass is 16.5. The standard InChI is InChI=1S/C16H11NO7/c1-23-11-4-7(2-3-9(11)17-22)16-15(21)14(20)13-10(19)5-8(18)6-12(13)24-16/h2-6,18-19,21H,1H3. The van der Waals surface area contributed by atoms with Crippen LogP contribution in [0.3, 0.4) is 0 Å². The van der Waals surface area contributed by atoms with E-state index in [9.17, 15) is 25.0 Å². The number of ether oxygens (including phenoxy) is 1. The number of hydrogen-bond acceptors (Lipinski definition) is 8. The van der Waals surface area contributed by atoms with Crippen LogP contribution in [0.1, 0.15) is 0 Å². The largest absolute Gasteiger partial charge is 0.508 e. The molecule has 3 rings (SSSR count). The molecule has 3 N–H and O–H groups in total. The van der Waals surface area contributed by atoms with E-state index in [0.29, 0.717) is 0 Å². The number of fused-ring (bicyclic) bond motifs is 1. The van der Waals surface area contributed by atoms with Crippen molar-refractivity contribution in [2.24, 2.45) is 5.18 Å². The Morgan fingerprint density at radius 1 is 1.12 bits per heavy atom. The Morgan fingerprint density at radius 2 is 1.88 bits per heavy atom. The van der Waals surface area contributed by atoms with Gasteiger partial charge in [-0.15, -0.1) is 4.91 Å². The highest BCUT2D eigenvalue weighted by Gasteiger charge is 2.19. The predicted molar refractivity (Wildman–Crippen MR) is 84.9 cm³/mol. The normalized spacial score (nSPS) is 10.7. The maximum atomic E-state index is 12.3. The SMILES string of the molecule is COc1cc(-c2oc3cc(O)cc(O)c3c(=O)c2O)ccc1N=O. The van der Waals surface area contributed by atoms with E-state index in [-0.39, 0.29) is 39.5 Å². The lowest BCUT2D eigenvalue weighted by molar-refractivity contribution is 0.415. The molecule has 8 nitrogen and oxygen atoms in total. The minimum Gasteiger partial charge on any atom is -0.508 e. The molecule has 0 saturated carbocycles. The average molecular weight is 329 g/mol. The number of aromatic hydroxyl groups is 3. The van der Waals surface area contributed by atoms with Crippen LogP contribution in [0.5, 0.6) is 23.0 Å². The van der Waals surface area contributed by atoms with E-state index in [4.69, 9.17) is 9.15 Å². The lowest BCUT2D eigenvalue weighted by atomic mass is 10.1. The Balaban J connectivity index is 2.33. The summed E-state index contributed by atoms with van der Waals surface area (Å²) in [7, 11) is 1.33. The van der Waals surface area contributed by atoms with Gasteiger partial charge in [-0.3, -0.25) is 4.79 Å². The van der Waals surface area contributed by atoms with Gasteiger partial charge in [0.1, 0.15) is 33.9 Å². The molecule has 0 unspecified atom stereocenters. The Kier molecular flexibility index (Phi) is 3.57. The minimum atomic E-state index is -0.861. The lowest BCUT2D eigenvalue weighted by Crippen LogP contribution is -2.03. The van der Waals surface area contributed by atoms with Gasteiger partial charge in [0.25, 0.3) is 0 Å².